The quantitative estimate of drug-likeness (QED) is 0.877. The second kappa shape index (κ2) is 6.22. The van der Waals surface area contributed by atoms with Gasteiger partial charge in [-0.2, -0.15) is 5.26 Å². The van der Waals surface area contributed by atoms with Crippen molar-refractivity contribution in [2.24, 2.45) is 0 Å². The van der Waals surface area contributed by atoms with Crippen molar-refractivity contribution in [2.75, 3.05) is 17.2 Å². The first-order valence-electron chi connectivity index (χ1n) is 5.87. The smallest absolute Gasteiger partial charge is 0.243 e. The normalized spacial score (nSPS) is 9.42. The number of nitriles is 1. The molecule has 2 aromatic carbocycles. The fourth-order valence-electron chi connectivity index (χ4n) is 1.61. The molecule has 0 fully saturated rings. The van der Waals surface area contributed by atoms with E-state index < -0.39 is 0 Å². The minimum absolute atomic E-state index is 0.154. The minimum Gasteiger partial charge on any atom is -0.376 e. The number of carbonyl (C=O) groups is 1. The zero-order valence-corrected chi connectivity index (χ0v) is 10.3. The predicted molar refractivity (Wildman–Crippen MR) is 74.7 cm³/mol. The van der Waals surface area contributed by atoms with Gasteiger partial charge >= 0.3 is 0 Å². The van der Waals surface area contributed by atoms with Crippen molar-refractivity contribution in [1.29, 1.82) is 5.26 Å². The summed E-state index contributed by atoms with van der Waals surface area (Å²) in [7, 11) is 0. The molecular weight excluding hydrogens is 238 g/mol. The fraction of sp³-hybridized carbons (Fsp3) is 0.0667. The average molecular weight is 251 g/mol. The third kappa shape index (κ3) is 3.86. The molecule has 0 radical (unpaired) electrons. The summed E-state index contributed by atoms with van der Waals surface area (Å²) >= 11 is 0. The van der Waals surface area contributed by atoms with E-state index in [1.165, 1.54) is 0 Å². The molecule has 0 unspecified atom stereocenters. The SMILES string of the molecule is N#Cc1cccc(NC(=O)CNc2ccccc2)c1. The summed E-state index contributed by atoms with van der Waals surface area (Å²) in [5, 5.41) is 14.5. The highest BCUT2D eigenvalue weighted by Gasteiger charge is 2.02. The second-order valence-electron chi connectivity index (χ2n) is 3.96. The van der Waals surface area contributed by atoms with E-state index in [4.69, 9.17) is 5.26 Å². The Morgan fingerprint density at radius 1 is 1.05 bits per heavy atom. The van der Waals surface area contributed by atoms with Crippen LogP contribution in [0.4, 0.5) is 11.4 Å². The van der Waals surface area contributed by atoms with Crippen molar-refractivity contribution in [3.8, 4) is 6.07 Å². The molecule has 4 heteroatoms. The van der Waals surface area contributed by atoms with Gasteiger partial charge in [0.05, 0.1) is 18.2 Å². The molecule has 0 aliphatic rings. The van der Waals surface area contributed by atoms with Gasteiger partial charge < -0.3 is 10.6 Å². The monoisotopic (exact) mass is 251 g/mol. The number of anilines is 2. The largest absolute Gasteiger partial charge is 0.376 e. The Bertz CT molecular complexity index is 602. The summed E-state index contributed by atoms with van der Waals surface area (Å²) in [6.45, 7) is 0.181. The molecule has 0 aliphatic heterocycles. The van der Waals surface area contributed by atoms with Crippen molar-refractivity contribution in [3.63, 3.8) is 0 Å². The third-order valence-corrected chi connectivity index (χ3v) is 2.50. The number of benzene rings is 2. The molecule has 94 valence electrons. The summed E-state index contributed by atoms with van der Waals surface area (Å²) in [5.74, 6) is -0.154. The number of hydrogen-bond donors (Lipinski definition) is 2. The molecule has 0 aliphatic carbocycles. The van der Waals surface area contributed by atoms with Crippen LogP contribution in [0.5, 0.6) is 0 Å². The van der Waals surface area contributed by atoms with Crippen LogP contribution in [0.15, 0.2) is 54.6 Å². The lowest BCUT2D eigenvalue weighted by Crippen LogP contribution is -2.21. The Hall–Kier alpha value is -2.80. The maximum absolute atomic E-state index is 11.7. The van der Waals surface area contributed by atoms with E-state index in [2.05, 4.69) is 10.6 Å². The van der Waals surface area contributed by atoms with Gasteiger partial charge in [-0.05, 0) is 30.3 Å². The van der Waals surface area contributed by atoms with E-state index in [1.54, 1.807) is 24.3 Å². The molecule has 0 aromatic heterocycles. The Labute approximate surface area is 111 Å². The molecule has 0 bridgehead atoms. The van der Waals surface area contributed by atoms with Crippen LogP contribution in [-0.2, 0) is 4.79 Å². The van der Waals surface area contributed by atoms with Crippen molar-refractivity contribution < 1.29 is 4.79 Å². The summed E-state index contributed by atoms with van der Waals surface area (Å²) in [6.07, 6.45) is 0. The van der Waals surface area contributed by atoms with Gasteiger partial charge in [0, 0.05) is 11.4 Å². The van der Waals surface area contributed by atoms with Crippen LogP contribution in [0.2, 0.25) is 0 Å². The molecule has 19 heavy (non-hydrogen) atoms. The van der Waals surface area contributed by atoms with E-state index in [-0.39, 0.29) is 12.5 Å². The molecule has 4 nitrogen and oxygen atoms in total. The van der Waals surface area contributed by atoms with Gasteiger partial charge in [-0.25, -0.2) is 0 Å². The van der Waals surface area contributed by atoms with Crippen LogP contribution < -0.4 is 10.6 Å². The Balaban J connectivity index is 1.89. The van der Waals surface area contributed by atoms with Crippen molar-refractivity contribution in [3.05, 3.63) is 60.2 Å². The zero-order valence-electron chi connectivity index (χ0n) is 10.3. The first-order chi connectivity index (χ1) is 9.28. The summed E-state index contributed by atoms with van der Waals surface area (Å²) in [4.78, 5) is 11.7. The van der Waals surface area contributed by atoms with E-state index >= 15 is 0 Å². The molecule has 0 saturated carbocycles. The molecule has 0 atom stereocenters. The van der Waals surface area contributed by atoms with Gasteiger partial charge in [0.1, 0.15) is 0 Å². The van der Waals surface area contributed by atoms with Crippen molar-refractivity contribution in [2.45, 2.75) is 0 Å². The van der Waals surface area contributed by atoms with E-state index in [9.17, 15) is 4.79 Å². The van der Waals surface area contributed by atoms with Gasteiger partial charge in [0.25, 0.3) is 0 Å². The molecule has 2 N–H and O–H groups in total. The molecule has 2 rings (SSSR count). The van der Waals surface area contributed by atoms with E-state index in [0.717, 1.165) is 5.69 Å². The average Bonchev–Trinajstić information content (AvgIpc) is 2.46. The Morgan fingerprint density at radius 3 is 2.53 bits per heavy atom. The number of nitrogens with zero attached hydrogens (tertiary/aromatic N) is 1. The second-order valence-corrected chi connectivity index (χ2v) is 3.96. The Morgan fingerprint density at radius 2 is 1.79 bits per heavy atom. The molecular formula is C15H13N3O. The molecule has 0 spiro atoms. The highest BCUT2D eigenvalue weighted by molar-refractivity contribution is 5.93. The maximum Gasteiger partial charge on any atom is 0.243 e. The van der Waals surface area contributed by atoms with Gasteiger partial charge in [-0.15, -0.1) is 0 Å². The van der Waals surface area contributed by atoms with Gasteiger partial charge in [0.2, 0.25) is 5.91 Å². The number of rotatable bonds is 4. The summed E-state index contributed by atoms with van der Waals surface area (Å²) < 4.78 is 0. The van der Waals surface area contributed by atoms with E-state index in [0.29, 0.717) is 11.3 Å². The van der Waals surface area contributed by atoms with E-state index in [1.807, 2.05) is 36.4 Å². The lowest BCUT2D eigenvalue weighted by Gasteiger charge is -2.07. The zero-order chi connectivity index (χ0) is 13.5. The Kier molecular flexibility index (Phi) is 4.14. The van der Waals surface area contributed by atoms with Crippen LogP contribution >= 0.6 is 0 Å². The third-order valence-electron chi connectivity index (χ3n) is 2.50. The lowest BCUT2D eigenvalue weighted by molar-refractivity contribution is -0.114. The topological polar surface area (TPSA) is 64.9 Å². The molecule has 0 saturated heterocycles. The standard InChI is InChI=1S/C15H13N3O/c16-10-12-5-4-8-14(9-12)18-15(19)11-17-13-6-2-1-3-7-13/h1-9,17H,11H2,(H,18,19). The molecule has 2 aromatic rings. The fourth-order valence-corrected chi connectivity index (χ4v) is 1.61. The van der Waals surface area contributed by atoms with Crippen LogP contribution in [0.3, 0.4) is 0 Å². The molecule has 1 amide bonds. The van der Waals surface area contributed by atoms with Crippen molar-refractivity contribution in [1.82, 2.24) is 0 Å². The van der Waals surface area contributed by atoms with Crippen LogP contribution in [0.1, 0.15) is 5.56 Å². The highest BCUT2D eigenvalue weighted by atomic mass is 16.1. The van der Waals surface area contributed by atoms with Gasteiger partial charge in [-0.3, -0.25) is 4.79 Å². The minimum atomic E-state index is -0.154. The molecule has 0 heterocycles. The highest BCUT2D eigenvalue weighted by Crippen LogP contribution is 2.10. The number of para-hydroxylation sites is 1. The summed E-state index contributed by atoms with van der Waals surface area (Å²) in [6, 6.07) is 18.3. The number of carbonyl (C=O) groups excluding carboxylic acids is 1. The van der Waals surface area contributed by atoms with Gasteiger partial charge in [0.15, 0.2) is 0 Å². The number of hydrogen-bond acceptors (Lipinski definition) is 3. The predicted octanol–water partition coefficient (Wildman–Crippen LogP) is 2.61. The maximum atomic E-state index is 11.7. The van der Waals surface area contributed by atoms with Crippen LogP contribution in [0, 0.1) is 11.3 Å². The lowest BCUT2D eigenvalue weighted by atomic mass is 10.2. The van der Waals surface area contributed by atoms with Crippen LogP contribution in [0.25, 0.3) is 0 Å². The van der Waals surface area contributed by atoms with Gasteiger partial charge in [-0.1, -0.05) is 24.3 Å². The first-order valence-corrected chi connectivity index (χ1v) is 5.87. The van der Waals surface area contributed by atoms with Crippen LogP contribution in [-0.4, -0.2) is 12.5 Å². The first kappa shape index (κ1) is 12.7. The number of nitrogens with one attached hydrogen (secondary N) is 2. The number of amides is 1. The summed E-state index contributed by atoms with van der Waals surface area (Å²) in [5.41, 5.74) is 2.04. The van der Waals surface area contributed by atoms with Crippen molar-refractivity contribution >= 4 is 17.3 Å².